The molecule has 0 aliphatic rings. The van der Waals surface area contributed by atoms with Gasteiger partial charge in [-0.3, -0.25) is 9.00 Å². The van der Waals surface area contributed by atoms with Crippen LogP contribution in [0.3, 0.4) is 0 Å². The Morgan fingerprint density at radius 1 is 1.18 bits per heavy atom. The predicted molar refractivity (Wildman–Crippen MR) is 83.2 cm³/mol. The summed E-state index contributed by atoms with van der Waals surface area (Å²) >= 11 is 5.82. The standard InChI is InChI=1S/C15H12ClF2NO2S/c16-11-3-1-2-10(6-11)8-22(21)9-15(20)19-14-5-4-12(17)7-13(14)18/h1-7H,8-9H2,(H,19,20)/t22-/m0/s1. The smallest absolute Gasteiger partial charge is 0.237 e. The van der Waals surface area contributed by atoms with Crippen molar-refractivity contribution in [2.75, 3.05) is 11.1 Å². The molecule has 0 heterocycles. The first-order valence-corrected chi connectivity index (χ1v) is 8.15. The summed E-state index contributed by atoms with van der Waals surface area (Å²) in [5, 5.41) is 2.79. The zero-order valence-corrected chi connectivity index (χ0v) is 12.9. The molecule has 0 aromatic heterocycles. The first kappa shape index (κ1) is 16.6. The molecule has 0 saturated heterocycles. The van der Waals surface area contributed by atoms with E-state index in [1.165, 1.54) is 0 Å². The molecule has 7 heteroatoms. The number of carbonyl (C=O) groups is 1. The molecule has 0 saturated carbocycles. The van der Waals surface area contributed by atoms with Crippen molar-refractivity contribution in [2.45, 2.75) is 5.75 Å². The lowest BCUT2D eigenvalue weighted by Crippen LogP contribution is -2.20. The molecule has 0 radical (unpaired) electrons. The van der Waals surface area contributed by atoms with Gasteiger partial charge in [0.1, 0.15) is 17.4 Å². The lowest BCUT2D eigenvalue weighted by molar-refractivity contribution is -0.113. The maximum atomic E-state index is 13.4. The van der Waals surface area contributed by atoms with E-state index in [1.807, 2.05) is 0 Å². The van der Waals surface area contributed by atoms with E-state index in [9.17, 15) is 17.8 Å². The van der Waals surface area contributed by atoms with Gasteiger partial charge in [-0.25, -0.2) is 8.78 Å². The van der Waals surface area contributed by atoms with Crippen LogP contribution in [-0.2, 0) is 21.3 Å². The molecule has 116 valence electrons. The molecule has 0 aliphatic heterocycles. The Morgan fingerprint density at radius 3 is 2.64 bits per heavy atom. The Morgan fingerprint density at radius 2 is 1.95 bits per heavy atom. The third-order valence-corrected chi connectivity index (χ3v) is 4.19. The third-order valence-electron chi connectivity index (χ3n) is 2.71. The van der Waals surface area contributed by atoms with Gasteiger partial charge in [-0.05, 0) is 29.8 Å². The fourth-order valence-electron chi connectivity index (χ4n) is 1.79. The van der Waals surface area contributed by atoms with Gasteiger partial charge in [-0.2, -0.15) is 0 Å². The van der Waals surface area contributed by atoms with Gasteiger partial charge in [0.15, 0.2) is 0 Å². The number of hydrogen-bond donors (Lipinski definition) is 1. The van der Waals surface area contributed by atoms with Crippen molar-refractivity contribution in [3.63, 3.8) is 0 Å². The molecule has 0 unspecified atom stereocenters. The minimum Gasteiger partial charge on any atom is -0.323 e. The number of carbonyl (C=O) groups excluding carboxylic acids is 1. The van der Waals surface area contributed by atoms with Crippen LogP contribution in [0.1, 0.15) is 5.56 Å². The monoisotopic (exact) mass is 343 g/mol. The summed E-state index contributed by atoms with van der Waals surface area (Å²) < 4.78 is 38.1. The molecule has 1 atom stereocenters. The van der Waals surface area contributed by atoms with Crippen molar-refractivity contribution in [3.05, 3.63) is 64.7 Å². The van der Waals surface area contributed by atoms with Gasteiger partial charge < -0.3 is 5.32 Å². The fraction of sp³-hybridized carbons (Fsp3) is 0.133. The molecule has 0 aliphatic carbocycles. The van der Waals surface area contributed by atoms with Gasteiger partial charge in [0, 0.05) is 27.6 Å². The van der Waals surface area contributed by atoms with E-state index < -0.39 is 28.3 Å². The summed E-state index contributed by atoms with van der Waals surface area (Å²) in [6.07, 6.45) is 0. The number of rotatable bonds is 5. The molecular weight excluding hydrogens is 332 g/mol. The maximum absolute atomic E-state index is 13.4. The van der Waals surface area contributed by atoms with Gasteiger partial charge in [0.25, 0.3) is 0 Å². The molecule has 1 amide bonds. The van der Waals surface area contributed by atoms with E-state index in [0.717, 1.165) is 17.7 Å². The summed E-state index contributed by atoms with van der Waals surface area (Å²) in [4.78, 5) is 11.7. The maximum Gasteiger partial charge on any atom is 0.237 e. The number of hydrogen-bond acceptors (Lipinski definition) is 2. The molecule has 0 spiro atoms. The van der Waals surface area contributed by atoms with Crippen LogP contribution in [0.25, 0.3) is 0 Å². The topological polar surface area (TPSA) is 46.2 Å². The number of halogens is 3. The minimum absolute atomic E-state index is 0.147. The number of amides is 1. The van der Waals surface area contributed by atoms with E-state index in [1.54, 1.807) is 24.3 Å². The quantitative estimate of drug-likeness (QED) is 0.903. The van der Waals surface area contributed by atoms with Crippen molar-refractivity contribution >= 4 is 34.0 Å². The van der Waals surface area contributed by atoms with Crippen molar-refractivity contribution in [1.82, 2.24) is 0 Å². The largest absolute Gasteiger partial charge is 0.323 e. The minimum atomic E-state index is -1.46. The van der Waals surface area contributed by atoms with Gasteiger partial charge in [-0.15, -0.1) is 0 Å². The van der Waals surface area contributed by atoms with Crippen LogP contribution in [0.4, 0.5) is 14.5 Å². The highest BCUT2D eigenvalue weighted by Crippen LogP contribution is 2.15. The zero-order valence-electron chi connectivity index (χ0n) is 11.3. The van der Waals surface area contributed by atoms with Crippen LogP contribution in [0.15, 0.2) is 42.5 Å². The molecule has 3 nitrogen and oxygen atoms in total. The van der Waals surface area contributed by atoms with E-state index in [4.69, 9.17) is 11.6 Å². The summed E-state index contributed by atoms with van der Waals surface area (Å²) in [5.74, 6) is -2.34. The molecule has 1 N–H and O–H groups in total. The van der Waals surface area contributed by atoms with E-state index in [2.05, 4.69) is 5.32 Å². The summed E-state index contributed by atoms with van der Waals surface area (Å²) in [6.45, 7) is 0. The summed E-state index contributed by atoms with van der Waals surface area (Å²) in [6, 6.07) is 9.64. The van der Waals surface area contributed by atoms with Crippen LogP contribution < -0.4 is 5.32 Å². The highest BCUT2D eigenvalue weighted by atomic mass is 35.5. The molecule has 2 rings (SSSR count). The average Bonchev–Trinajstić information content (AvgIpc) is 2.41. The predicted octanol–water partition coefficient (Wildman–Crippen LogP) is 3.51. The Bertz CT molecular complexity index is 724. The Hall–Kier alpha value is -1.79. The van der Waals surface area contributed by atoms with Gasteiger partial charge in [-0.1, -0.05) is 23.7 Å². The van der Waals surface area contributed by atoms with Crippen molar-refractivity contribution < 1.29 is 17.8 Å². The van der Waals surface area contributed by atoms with E-state index >= 15 is 0 Å². The van der Waals surface area contributed by atoms with Crippen LogP contribution in [0, 0.1) is 11.6 Å². The third kappa shape index (κ3) is 4.89. The van der Waals surface area contributed by atoms with Crippen molar-refractivity contribution in [2.24, 2.45) is 0 Å². The van der Waals surface area contributed by atoms with Crippen LogP contribution in [0.5, 0.6) is 0 Å². The molecule has 0 fully saturated rings. The molecule has 2 aromatic carbocycles. The van der Waals surface area contributed by atoms with Crippen molar-refractivity contribution in [1.29, 1.82) is 0 Å². The first-order chi connectivity index (χ1) is 10.4. The Balaban J connectivity index is 1.92. The van der Waals surface area contributed by atoms with Crippen molar-refractivity contribution in [3.8, 4) is 0 Å². The lowest BCUT2D eigenvalue weighted by Gasteiger charge is -2.07. The summed E-state index contributed by atoms with van der Waals surface area (Å²) in [5.41, 5.74) is 0.595. The Labute approximate surface area is 133 Å². The highest BCUT2D eigenvalue weighted by Gasteiger charge is 2.12. The molecule has 22 heavy (non-hydrogen) atoms. The van der Waals surface area contributed by atoms with Crippen LogP contribution in [-0.4, -0.2) is 15.9 Å². The molecular formula is C15H12ClF2NO2S. The summed E-state index contributed by atoms with van der Waals surface area (Å²) in [7, 11) is -1.46. The average molecular weight is 344 g/mol. The first-order valence-electron chi connectivity index (χ1n) is 6.28. The second kappa shape index (κ2) is 7.47. The SMILES string of the molecule is O=C(C[S@@](=O)Cc1cccc(Cl)c1)Nc1ccc(F)cc1F. The second-order valence-corrected chi connectivity index (χ2v) is 6.42. The number of nitrogens with one attached hydrogen (secondary N) is 1. The highest BCUT2D eigenvalue weighted by molar-refractivity contribution is 7.84. The zero-order chi connectivity index (χ0) is 16.1. The fourth-order valence-corrected chi connectivity index (χ4v) is 3.02. The van der Waals surface area contributed by atoms with E-state index in [0.29, 0.717) is 11.1 Å². The van der Waals surface area contributed by atoms with E-state index in [-0.39, 0.29) is 17.2 Å². The number of anilines is 1. The second-order valence-electron chi connectivity index (χ2n) is 4.53. The van der Waals surface area contributed by atoms with Gasteiger partial charge in [0.2, 0.25) is 5.91 Å². The normalized spacial score (nSPS) is 12.0. The Kier molecular flexibility index (Phi) is 5.63. The van der Waals surface area contributed by atoms with Crippen LogP contribution >= 0.6 is 11.6 Å². The molecule has 0 bridgehead atoms. The lowest BCUT2D eigenvalue weighted by atomic mass is 10.2. The van der Waals surface area contributed by atoms with Gasteiger partial charge in [0.05, 0.1) is 5.69 Å². The molecule has 2 aromatic rings. The van der Waals surface area contributed by atoms with Gasteiger partial charge >= 0.3 is 0 Å². The van der Waals surface area contributed by atoms with Crippen LogP contribution in [0.2, 0.25) is 5.02 Å². The number of benzene rings is 2.